The third kappa shape index (κ3) is 1.53. The van der Waals surface area contributed by atoms with E-state index in [4.69, 9.17) is 4.98 Å². The third-order valence-corrected chi connectivity index (χ3v) is 3.73. The molecule has 0 spiro atoms. The number of nitrogens with zero attached hydrogens (tertiary/aromatic N) is 4. The molecular weight excluding hydrogens is 236 g/mol. The summed E-state index contributed by atoms with van der Waals surface area (Å²) in [6, 6.07) is 12.5. The van der Waals surface area contributed by atoms with E-state index in [1.807, 2.05) is 25.4 Å². The Balaban J connectivity index is 1.79. The highest BCUT2D eigenvalue weighted by atomic mass is 15.3. The van der Waals surface area contributed by atoms with Gasteiger partial charge in [0.1, 0.15) is 5.52 Å². The van der Waals surface area contributed by atoms with Gasteiger partial charge in [-0.15, -0.1) is 0 Å². The zero-order chi connectivity index (χ0) is 12.8. The summed E-state index contributed by atoms with van der Waals surface area (Å²) in [4.78, 5) is 11.4. The molecule has 0 fully saturated rings. The Morgan fingerprint density at radius 1 is 1.00 bits per heavy atom. The lowest BCUT2D eigenvalue weighted by Crippen LogP contribution is -2.18. The van der Waals surface area contributed by atoms with Crippen LogP contribution in [0.1, 0.15) is 11.1 Å². The van der Waals surface area contributed by atoms with Crippen molar-refractivity contribution >= 4 is 17.1 Å². The van der Waals surface area contributed by atoms with Crippen molar-refractivity contribution in [2.24, 2.45) is 7.05 Å². The van der Waals surface area contributed by atoms with Crippen LogP contribution < -0.4 is 4.90 Å². The number of fused-ring (bicyclic) bond motifs is 2. The molecule has 3 heterocycles. The summed E-state index contributed by atoms with van der Waals surface area (Å²) in [6.45, 7) is 1.85. The van der Waals surface area contributed by atoms with Gasteiger partial charge in [0.25, 0.3) is 0 Å². The van der Waals surface area contributed by atoms with Gasteiger partial charge in [0.15, 0.2) is 5.65 Å². The zero-order valence-corrected chi connectivity index (χ0v) is 10.7. The Labute approximate surface area is 111 Å². The molecule has 0 saturated carbocycles. The van der Waals surface area contributed by atoms with Gasteiger partial charge in [-0.2, -0.15) is 0 Å². The second-order valence-corrected chi connectivity index (χ2v) is 4.94. The summed E-state index contributed by atoms with van der Waals surface area (Å²) in [7, 11) is 2.03. The van der Waals surface area contributed by atoms with Crippen molar-refractivity contribution in [1.29, 1.82) is 0 Å². The molecule has 0 amide bonds. The van der Waals surface area contributed by atoms with Gasteiger partial charge in [-0.25, -0.2) is 9.97 Å². The van der Waals surface area contributed by atoms with E-state index in [1.54, 1.807) is 0 Å². The summed E-state index contributed by atoms with van der Waals surface area (Å²) in [5.41, 5.74) is 4.68. The van der Waals surface area contributed by atoms with E-state index >= 15 is 0 Å². The monoisotopic (exact) mass is 250 g/mol. The Morgan fingerprint density at radius 2 is 1.74 bits per heavy atom. The number of rotatable bonds is 1. The lowest BCUT2D eigenvalue weighted by molar-refractivity contribution is 0.785. The smallest absolute Gasteiger partial charge is 0.208 e. The summed E-state index contributed by atoms with van der Waals surface area (Å²) >= 11 is 0. The average Bonchev–Trinajstić information content (AvgIpc) is 3.00. The lowest BCUT2D eigenvalue weighted by Gasteiger charge is -2.16. The van der Waals surface area contributed by atoms with Crippen LogP contribution in [0.2, 0.25) is 0 Å². The Hall–Kier alpha value is -2.36. The van der Waals surface area contributed by atoms with Crippen LogP contribution in [0.15, 0.2) is 42.6 Å². The Morgan fingerprint density at radius 3 is 2.42 bits per heavy atom. The molecule has 4 nitrogen and oxygen atoms in total. The van der Waals surface area contributed by atoms with Crippen molar-refractivity contribution < 1.29 is 0 Å². The minimum Gasteiger partial charge on any atom is -0.334 e. The van der Waals surface area contributed by atoms with E-state index in [9.17, 15) is 0 Å². The second-order valence-electron chi connectivity index (χ2n) is 4.94. The van der Waals surface area contributed by atoms with Gasteiger partial charge in [-0.05, 0) is 23.3 Å². The molecule has 4 rings (SSSR count). The van der Waals surface area contributed by atoms with Gasteiger partial charge in [0, 0.05) is 26.3 Å². The molecule has 0 radical (unpaired) electrons. The van der Waals surface area contributed by atoms with Gasteiger partial charge in [0.2, 0.25) is 5.95 Å². The molecule has 1 aliphatic heterocycles. The number of hydrogen-bond acceptors (Lipinski definition) is 3. The summed E-state index contributed by atoms with van der Waals surface area (Å²) in [5, 5.41) is 0. The molecule has 0 unspecified atom stereocenters. The minimum atomic E-state index is 0.924. The van der Waals surface area contributed by atoms with Crippen molar-refractivity contribution in [2.45, 2.75) is 13.1 Å². The number of imidazole rings is 1. The van der Waals surface area contributed by atoms with Crippen LogP contribution in [0.5, 0.6) is 0 Å². The number of pyridine rings is 1. The molecule has 19 heavy (non-hydrogen) atoms. The average molecular weight is 250 g/mol. The van der Waals surface area contributed by atoms with E-state index in [1.165, 1.54) is 11.1 Å². The second kappa shape index (κ2) is 3.82. The van der Waals surface area contributed by atoms with Crippen LogP contribution in [0.4, 0.5) is 5.95 Å². The molecule has 1 aromatic carbocycles. The van der Waals surface area contributed by atoms with Gasteiger partial charge in [0.05, 0.1) is 0 Å². The van der Waals surface area contributed by atoms with E-state index < -0.39 is 0 Å². The zero-order valence-electron chi connectivity index (χ0n) is 10.7. The van der Waals surface area contributed by atoms with Gasteiger partial charge in [-0.3, -0.25) is 4.57 Å². The Kier molecular flexibility index (Phi) is 2.12. The molecule has 0 atom stereocenters. The molecule has 0 aliphatic carbocycles. The molecule has 3 aromatic rings. The van der Waals surface area contributed by atoms with Crippen LogP contribution in [0, 0.1) is 0 Å². The maximum Gasteiger partial charge on any atom is 0.208 e. The highest BCUT2D eigenvalue weighted by Gasteiger charge is 2.22. The maximum absolute atomic E-state index is 4.70. The van der Waals surface area contributed by atoms with E-state index in [-0.39, 0.29) is 0 Å². The quantitative estimate of drug-likeness (QED) is 0.665. The van der Waals surface area contributed by atoms with Crippen LogP contribution in [0.3, 0.4) is 0 Å². The Bertz CT molecular complexity index is 735. The highest BCUT2D eigenvalue weighted by Crippen LogP contribution is 2.28. The van der Waals surface area contributed by atoms with Crippen molar-refractivity contribution in [1.82, 2.24) is 14.5 Å². The fourth-order valence-electron chi connectivity index (χ4n) is 2.77. The maximum atomic E-state index is 4.70. The van der Waals surface area contributed by atoms with E-state index in [2.05, 4.69) is 38.7 Å². The number of aryl methyl sites for hydroxylation is 1. The standard InChI is InChI=1S/C15H14N4/c1-18-14-13(7-4-8-16-14)17-15(18)19-9-11-5-2-3-6-12(11)10-19/h2-8H,9-10H2,1H3. The fraction of sp³-hybridized carbons (Fsp3) is 0.200. The number of aromatic nitrogens is 3. The van der Waals surface area contributed by atoms with E-state index in [0.717, 1.165) is 30.2 Å². The predicted molar refractivity (Wildman–Crippen MR) is 74.8 cm³/mol. The highest BCUT2D eigenvalue weighted by molar-refractivity contribution is 5.74. The molecule has 4 heteroatoms. The number of benzene rings is 1. The summed E-state index contributed by atoms with van der Waals surface area (Å²) in [5.74, 6) is 0.991. The van der Waals surface area contributed by atoms with Crippen molar-refractivity contribution in [3.8, 4) is 0 Å². The molecule has 2 aromatic heterocycles. The first-order chi connectivity index (χ1) is 9.33. The van der Waals surface area contributed by atoms with Crippen molar-refractivity contribution in [2.75, 3.05) is 4.90 Å². The molecular formula is C15H14N4. The van der Waals surface area contributed by atoms with Crippen LogP contribution in [-0.4, -0.2) is 14.5 Å². The molecule has 94 valence electrons. The van der Waals surface area contributed by atoms with Gasteiger partial charge < -0.3 is 4.90 Å². The molecule has 0 saturated heterocycles. The van der Waals surface area contributed by atoms with Crippen molar-refractivity contribution in [3.63, 3.8) is 0 Å². The largest absolute Gasteiger partial charge is 0.334 e. The van der Waals surface area contributed by atoms with Crippen LogP contribution >= 0.6 is 0 Å². The number of hydrogen-bond donors (Lipinski definition) is 0. The minimum absolute atomic E-state index is 0.924. The normalized spacial score (nSPS) is 14.1. The lowest BCUT2D eigenvalue weighted by atomic mass is 10.1. The van der Waals surface area contributed by atoms with Gasteiger partial charge >= 0.3 is 0 Å². The molecule has 0 bridgehead atoms. The molecule has 1 aliphatic rings. The molecule has 0 N–H and O–H groups in total. The topological polar surface area (TPSA) is 34.0 Å². The number of anilines is 1. The van der Waals surface area contributed by atoms with Crippen molar-refractivity contribution in [3.05, 3.63) is 53.7 Å². The van der Waals surface area contributed by atoms with E-state index in [0.29, 0.717) is 0 Å². The third-order valence-electron chi connectivity index (χ3n) is 3.73. The van der Waals surface area contributed by atoms with Gasteiger partial charge in [-0.1, -0.05) is 24.3 Å². The SMILES string of the molecule is Cn1c(N2Cc3ccccc3C2)nc2cccnc21. The fourth-order valence-corrected chi connectivity index (χ4v) is 2.77. The first kappa shape index (κ1) is 10.6. The predicted octanol–water partition coefficient (Wildman–Crippen LogP) is 2.49. The van der Waals surface area contributed by atoms with Crippen LogP contribution in [0.25, 0.3) is 11.2 Å². The van der Waals surface area contributed by atoms with Crippen LogP contribution in [-0.2, 0) is 20.1 Å². The first-order valence-corrected chi connectivity index (χ1v) is 6.42. The summed E-state index contributed by atoms with van der Waals surface area (Å²) in [6.07, 6.45) is 1.81. The summed E-state index contributed by atoms with van der Waals surface area (Å²) < 4.78 is 2.07. The first-order valence-electron chi connectivity index (χ1n) is 6.42.